The molecule has 160 valence electrons. The summed E-state index contributed by atoms with van der Waals surface area (Å²) < 4.78 is 17.3. The molecule has 0 fully saturated rings. The molecular formula is C29H23N2OP. The molecule has 0 N–H and O–H groups in total. The van der Waals surface area contributed by atoms with Crippen molar-refractivity contribution in [1.29, 1.82) is 0 Å². The molecule has 0 saturated heterocycles. The first kappa shape index (κ1) is 20.0. The van der Waals surface area contributed by atoms with Crippen LogP contribution in [0, 0.1) is 0 Å². The van der Waals surface area contributed by atoms with Gasteiger partial charge in [0.15, 0.2) is 7.14 Å². The van der Waals surface area contributed by atoms with E-state index in [-0.39, 0.29) is 0 Å². The van der Waals surface area contributed by atoms with Gasteiger partial charge in [-0.25, -0.2) is 4.98 Å². The van der Waals surface area contributed by atoms with Crippen LogP contribution in [0.3, 0.4) is 0 Å². The Morgan fingerprint density at radius 2 is 1.45 bits per heavy atom. The summed E-state index contributed by atoms with van der Waals surface area (Å²) in [6, 6.07) is 32.4. The summed E-state index contributed by atoms with van der Waals surface area (Å²) in [5, 5.41) is 2.60. The minimum atomic E-state index is -3.08. The molecule has 0 bridgehead atoms. The van der Waals surface area contributed by atoms with E-state index in [0.29, 0.717) is 0 Å². The highest BCUT2D eigenvalue weighted by Crippen LogP contribution is 2.49. The number of rotatable bonds is 4. The Kier molecular flexibility index (Phi) is 4.67. The van der Waals surface area contributed by atoms with E-state index in [1.807, 2.05) is 66.7 Å². The minimum Gasteiger partial charge on any atom is -0.308 e. The number of nitrogens with zero attached hydrogens (tertiary/aromatic N) is 2. The van der Waals surface area contributed by atoms with Crippen LogP contribution in [0.5, 0.6) is 0 Å². The van der Waals surface area contributed by atoms with Crippen molar-refractivity contribution in [2.24, 2.45) is 0 Å². The monoisotopic (exact) mass is 446 g/mol. The smallest absolute Gasteiger partial charge is 0.175 e. The van der Waals surface area contributed by atoms with E-state index >= 15 is 4.57 Å². The lowest BCUT2D eigenvalue weighted by molar-refractivity contribution is 0.592. The number of aryl methyl sites for hydroxylation is 1. The van der Waals surface area contributed by atoms with E-state index in [2.05, 4.69) is 54.0 Å². The third-order valence-electron chi connectivity index (χ3n) is 6.33. The highest BCUT2D eigenvalue weighted by molar-refractivity contribution is 7.86. The fourth-order valence-corrected chi connectivity index (χ4v) is 7.86. The zero-order valence-corrected chi connectivity index (χ0v) is 19.2. The summed E-state index contributed by atoms with van der Waals surface area (Å²) in [5.41, 5.74) is 4.97. The van der Waals surface area contributed by atoms with Gasteiger partial charge < -0.3 is 4.57 Å². The van der Waals surface area contributed by atoms with Gasteiger partial charge in [0.25, 0.3) is 0 Å². The Bertz CT molecular complexity index is 1570. The maximum atomic E-state index is 15.1. The molecule has 0 radical (unpaired) electrons. The molecule has 4 aromatic carbocycles. The van der Waals surface area contributed by atoms with Crippen molar-refractivity contribution in [3.05, 3.63) is 114 Å². The van der Waals surface area contributed by atoms with E-state index in [1.54, 1.807) is 0 Å². The number of hydrogen-bond acceptors (Lipinski definition) is 2. The van der Waals surface area contributed by atoms with Crippen molar-refractivity contribution in [3.8, 4) is 5.69 Å². The van der Waals surface area contributed by atoms with E-state index in [0.717, 1.165) is 56.0 Å². The molecule has 0 spiro atoms. The van der Waals surface area contributed by atoms with Crippen LogP contribution in [0.4, 0.5) is 0 Å². The Morgan fingerprint density at radius 3 is 2.21 bits per heavy atom. The number of para-hydroxylation sites is 1. The Labute approximate surface area is 193 Å². The fraction of sp³-hybridized carbons (Fsp3) is 0.0690. The van der Waals surface area contributed by atoms with Gasteiger partial charge in [0, 0.05) is 22.3 Å². The van der Waals surface area contributed by atoms with Gasteiger partial charge >= 0.3 is 0 Å². The molecule has 1 atom stereocenters. The maximum absolute atomic E-state index is 15.1. The summed E-state index contributed by atoms with van der Waals surface area (Å²) in [5.74, 6) is 0.988. The second-order valence-electron chi connectivity index (χ2n) is 8.30. The largest absolute Gasteiger partial charge is 0.308 e. The third-order valence-corrected chi connectivity index (χ3v) is 9.43. The molecule has 1 unspecified atom stereocenters. The number of fused-ring (bicyclic) bond motifs is 2. The number of hydrogen-bond donors (Lipinski definition) is 0. The highest BCUT2D eigenvalue weighted by atomic mass is 31.2. The molecular weight excluding hydrogens is 423 g/mol. The van der Waals surface area contributed by atoms with Crippen molar-refractivity contribution in [3.63, 3.8) is 0 Å². The normalized spacial score (nSPS) is 16.9. The SMILES string of the molecule is CCc1nc2cc(/C=C/c3ccccc3)cc3c2n1-c1ccccc1P3(=O)c1ccccc1. The lowest BCUT2D eigenvalue weighted by Crippen LogP contribution is -2.33. The van der Waals surface area contributed by atoms with Crippen molar-refractivity contribution in [1.82, 2.24) is 9.55 Å². The molecule has 1 aromatic heterocycles. The topological polar surface area (TPSA) is 34.9 Å². The predicted molar refractivity (Wildman–Crippen MR) is 139 cm³/mol. The van der Waals surface area contributed by atoms with Gasteiger partial charge in [0.05, 0.1) is 16.7 Å². The standard InChI is InChI=1S/C29H23N2OP/c1-2-28-30-24-19-22(18-17-21-11-5-3-6-12-21)20-27-29(24)31(28)25-15-9-10-16-26(25)33(27,32)23-13-7-4-8-14-23/h3-20H,2H2,1H3/b18-17+. The lowest BCUT2D eigenvalue weighted by atomic mass is 10.1. The van der Waals surface area contributed by atoms with Gasteiger partial charge in [-0.15, -0.1) is 0 Å². The summed E-state index contributed by atoms with van der Waals surface area (Å²) in [6.45, 7) is 2.12. The quantitative estimate of drug-likeness (QED) is 0.257. The first-order chi connectivity index (χ1) is 16.2. The lowest BCUT2D eigenvalue weighted by Gasteiger charge is -2.29. The van der Waals surface area contributed by atoms with Crippen molar-refractivity contribution < 1.29 is 4.57 Å². The van der Waals surface area contributed by atoms with E-state index in [4.69, 9.17) is 4.98 Å². The maximum Gasteiger partial charge on any atom is 0.175 e. The second-order valence-corrected chi connectivity index (χ2v) is 11.0. The van der Waals surface area contributed by atoms with E-state index in [9.17, 15) is 0 Å². The number of benzene rings is 4. The molecule has 6 rings (SSSR count). The van der Waals surface area contributed by atoms with Gasteiger partial charge in [-0.1, -0.05) is 91.9 Å². The van der Waals surface area contributed by atoms with Crippen LogP contribution in [0.1, 0.15) is 23.9 Å². The van der Waals surface area contributed by atoms with Crippen molar-refractivity contribution >= 4 is 46.2 Å². The molecule has 33 heavy (non-hydrogen) atoms. The highest BCUT2D eigenvalue weighted by Gasteiger charge is 2.39. The van der Waals surface area contributed by atoms with Gasteiger partial charge in [0.1, 0.15) is 5.82 Å². The molecule has 5 aromatic rings. The first-order valence-electron chi connectivity index (χ1n) is 11.2. The van der Waals surface area contributed by atoms with Gasteiger partial charge in [0.2, 0.25) is 0 Å². The molecule has 1 aliphatic rings. The molecule has 0 amide bonds. The van der Waals surface area contributed by atoms with E-state index in [1.165, 1.54) is 0 Å². The van der Waals surface area contributed by atoms with Crippen LogP contribution in [-0.4, -0.2) is 9.55 Å². The van der Waals surface area contributed by atoms with Gasteiger partial charge in [-0.3, -0.25) is 4.57 Å². The van der Waals surface area contributed by atoms with Crippen LogP contribution in [-0.2, 0) is 11.0 Å². The Hall–Kier alpha value is -3.68. The molecule has 0 saturated carbocycles. The summed E-state index contributed by atoms with van der Waals surface area (Å²) in [4.78, 5) is 4.98. The fourth-order valence-electron chi connectivity index (χ4n) is 4.81. The van der Waals surface area contributed by atoms with Crippen LogP contribution >= 0.6 is 7.14 Å². The summed E-state index contributed by atoms with van der Waals surface area (Å²) >= 11 is 0. The number of aromatic nitrogens is 2. The van der Waals surface area contributed by atoms with Gasteiger partial charge in [-0.05, 0) is 35.4 Å². The Balaban J connectivity index is 1.68. The van der Waals surface area contributed by atoms with Crippen LogP contribution in [0.2, 0.25) is 0 Å². The zero-order valence-electron chi connectivity index (χ0n) is 18.3. The molecule has 4 heteroatoms. The zero-order chi connectivity index (χ0) is 22.4. The first-order valence-corrected chi connectivity index (χ1v) is 13.0. The molecule has 3 nitrogen and oxygen atoms in total. The van der Waals surface area contributed by atoms with E-state index < -0.39 is 7.14 Å². The third kappa shape index (κ3) is 3.04. The van der Waals surface area contributed by atoms with Crippen LogP contribution in [0.15, 0.2) is 97.1 Å². The average molecular weight is 446 g/mol. The van der Waals surface area contributed by atoms with Gasteiger partial charge in [-0.2, -0.15) is 0 Å². The molecule has 1 aliphatic heterocycles. The van der Waals surface area contributed by atoms with Crippen molar-refractivity contribution in [2.45, 2.75) is 13.3 Å². The van der Waals surface area contributed by atoms with Crippen molar-refractivity contribution in [2.75, 3.05) is 0 Å². The summed E-state index contributed by atoms with van der Waals surface area (Å²) in [6.07, 6.45) is 4.98. The molecule has 0 aliphatic carbocycles. The summed E-state index contributed by atoms with van der Waals surface area (Å²) in [7, 11) is -3.08. The molecule has 2 heterocycles. The minimum absolute atomic E-state index is 0.799. The number of imidazole rings is 1. The van der Waals surface area contributed by atoms with Crippen LogP contribution in [0.25, 0.3) is 28.9 Å². The van der Waals surface area contributed by atoms with Crippen LogP contribution < -0.4 is 15.9 Å². The second kappa shape index (κ2) is 7.72. The predicted octanol–water partition coefficient (Wildman–Crippen LogP) is 5.71. The Morgan fingerprint density at radius 1 is 0.788 bits per heavy atom. The average Bonchev–Trinajstić information content (AvgIpc) is 3.26.